The number of nitrogens with zero attached hydrogens (tertiary/aromatic N) is 3. The molecular weight excluding hydrogens is 190 g/mol. The molecule has 15 heavy (non-hydrogen) atoms. The minimum Gasteiger partial charge on any atom is -0.411 e. The lowest BCUT2D eigenvalue weighted by Crippen LogP contribution is -2.19. The predicted molar refractivity (Wildman–Crippen MR) is 59.8 cm³/mol. The standard InChI is InChI=1S/C11H15N3O/c1-9-10(8-12-15)4-5-11(13-9)14-6-2-3-7-14/h4-5,8,15H,2-3,6-7H2,1H3. The van der Waals surface area contributed by atoms with Crippen molar-refractivity contribution < 1.29 is 5.21 Å². The number of anilines is 1. The van der Waals surface area contributed by atoms with E-state index in [0.717, 1.165) is 30.2 Å². The summed E-state index contributed by atoms with van der Waals surface area (Å²) < 4.78 is 0. The van der Waals surface area contributed by atoms with Crippen LogP contribution < -0.4 is 4.90 Å². The second-order valence-corrected chi connectivity index (χ2v) is 3.78. The quantitative estimate of drug-likeness (QED) is 0.455. The van der Waals surface area contributed by atoms with Gasteiger partial charge in [0.1, 0.15) is 5.82 Å². The maximum atomic E-state index is 8.46. The van der Waals surface area contributed by atoms with E-state index in [9.17, 15) is 0 Å². The summed E-state index contributed by atoms with van der Waals surface area (Å²) in [4.78, 5) is 6.78. The highest BCUT2D eigenvalue weighted by Crippen LogP contribution is 2.18. The largest absolute Gasteiger partial charge is 0.411 e. The molecule has 0 unspecified atom stereocenters. The molecule has 1 aliphatic rings. The van der Waals surface area contributed by atoms with Gasteiger partial charge in [0.05, 0.1) is 6.21 Å². The summed E-state index contributed by atoms with van der Waals surface area (Å²) in [7, 11) is 0. The van der Waals surface area contributed by atoms with E-state index in [0.29, 0.717) is 0 Å². The highest BCUT2D eigenvalue weighted by Gasteiger charge is 2.13. The molecule has 0 saturated carbocycles. The zero-order valence-corrected chi connectivity index (χ0v) is 8.85. The van der Waals surface area contributed by atoms with Crippen molar-refractivity contribution in [3.05, 3.63) is 23.4 Å². The lowest BCUT2D eigenvalue weighted by molar-refractivity contribution is 0.322. The molecule has 1 aromatic heterocycles. The van der Waals surface area contributed by atoms with Gasteiger partial charge in [-0.15, -0.1) is 0 Å². The number of hydrogen-bond donors (Lipinski definition) is 1. The van der Waals surface area contributed by atoms with Crippen LogP contribution in [0, 0.1) is 6.92 Å². The maximum absolute atomic E-state index is 8.46. The number of hydrogen-bond acceptors (Lipinski definition) is 4. The van der Waals surface area contributed by atoms with E-state index in [1.807, 2.05) is 19.1 Å². The second kappa shape index (κ2) is 4.29. The zero-order chi connectivity index (χ0) is 10.7. The molecule has 0 aromatic carbocycles. The van der Waals surface area contributed by atoms with Crippen LogP contribution in [0.2, 0.25) is 0 Å². The van der Waals surface area contributed by atoms with Crippen LogP contribution in [0.15, 0.2) is 17.3 Å². The van der Waals surface area contributed by atoms with Crippen molar-refractivity contribution in [1.29, 1.82) is 0 Å². The fourth-order valence-electron chi connectivity index (χ4n) is 1.88. The Morgan fingerprint density at radius 1 is 1.40 bits per heavy atom. The summed E-state index contributed by atoms with van der Waals surface area (Å²) in [6, 6.07) is 3.92. The van der Waals surface area contributed by atoms with Gasteiger partial charge in [-0.2, -0.15) is 0 Å². The minimum atomic E-state index is 0.862. The molecule has 0 atom stereocenters. The molecule has 0 bridgehead atoms. The van der Waals surface area contributed by atoms with Crippen molar-refractivity contribution in [2.24, 2.45) is 5.16 Å². The summed E-state index contributed by atoms with van der Waals surface area (Å²) in [5.74, 6) is 1.03. The third-order valence-corrected chi connectivity index (χ3v) is 2.74. The van der Waals surface area contributed by atoms with E-state index in [4.69, 9.17) is 5.21 Å². The molecule has 80 valence electrons. The molecule has 1 fully saturated rings. The first-order valence-corrected chi connectivity index (χ1v) is 5.21. The van der Waals surface area contributed by atoms with Gasteiger partial charge in [-0.05, 0) is 31.9 Å². The van der Waals surface area contributed by atoms with Crippen LogP contribution in [-0.4, -0.2) is 29.5 Å². The SMILES string of the molecule is Cc1nc(N2CCCC2)ccc1C=NO. The lowest BCUT2D eigenvalue weighted by Gasteiger charge is -2.16. The molecule has 4 heteroatoms. The van der Waals surface area contributed by atoms with Gasteiger partial charge >= 0.3 is 0 Å². The second-order valence-electron chi connectivity index (χ2n) is 3.78. The highest BCUT2D eigenvalue weighted by atomic mass is 16.4. The van der Waals surface area contributed by atoms with E-state index in [-0.39, 0.29) is 0 Å². The van der Waals surface area contributed by atoms with Crippen molar-refractivity contribution in [2.45, 2.75) is 19.8 Å². The summed E-state index contributed by atoms with van der Waals surface area (Å²) in [5.41, 5.74) is 1.76. The monoisotopic (exact) mass is 205 g/mol. The number of pyridine rings is 1. The van der Waals surface area contributed by atoms with E-state index < -0.39 is 0 Å². The lowest BCUT2D eigenvalue weighted by atomic mass is 10.2. The Labute approximate surface area is 89.2 Å². The van der Waals surface area contributed by atoms with Crippen LogP contribution >= 0.6 is 0 Å². The Hall–Kier alpha value is -1.58. The Bertz CT molecular complexity index is 370. The van der Waals surface area contributed by atoms with Gasteiger partial charge in [0, 0.05) is 24.3 Å². The molecule has 1 saturated heterocycles. The maximum Gasteiger partial charge on any atom is 0.128 e. The molecule has 0 aliphatic carbocycles. The van der Waals surface area contributed by atoms with Crippen LogP contribution in [0.1, 0.15) is 24.1 Å². The van der Waals surface area contributed by atoms with Gasteiger partial charge in [-0.3, -0.25) is 0 Å². The van der Waals surface area contributed by atoms with E-state index >= 15 is 0 Å². The molecule has 1 aromatic rings. The van der Waals surface area contributed by atoms with E-state index in [1.165, 1.54) is 19.1 Å². The van der Waals surface area contributed by atoms with Crippen LogP contribution in [0.4, 0.5) is 5.82 Å². The Balaban J connectivity index is 2.24. The van der Waals surface area contributed by atoms with Gasteiger partial charge < -0.3 is 10.1 Å². The summed E-state index contributed by atoms with van der Waals surface area (Å²) >= 11 is 0. The van der Waals surface area contributed by atoms with Crippen molar-refractivity contribution in [1.82, 2.24) is 4.98 Å². The predicted octanol–water partition coefficient (Wildman–Crippen LogP) is 1.80. The van der Waals surface area contributed by atoms with Crippen molar-refractivity contribution in [3.63, 3.8) is 0 Å². The first-order chi connectivity index (χ1) is 7.31. The fraction of sp³-hybridized carbons (Fsp3) is 0.455. The summed E-state index contributed by atoms with van der Waals surface area (Å²) in [6.45, 7) is 4.12. The smallest absolute Gasteiger partial charge is 0.128 e. The first-order valence-electron chi connectivity index (χ1n) is 5.21. The Kier molecular flexibility index (Phi) is 2.85. The molecule has 0 amide bonds. The molecule has 1 N–H and O–H groups in total. The van der Waals surface area contributed by atoms with Gasteiger partial charge in [-0.1, -0.05) is 5.16 Å². The first kappa shape index (κ1) is 9.96. The summed E-state index contributed by atoms with van der Waals surface area (Å²) in [6.07, 6.45) is 3.91. The van der Waals surface area contributed by atoms with Gasteiger partial charge in [-0.25, -0.2) is 4.98 Å². The molecule has 2 rings (SSSR count). The van der Waals surface area contributed by atoms with E-state index in [1.54, 1.807) is 0 Å². The molecule has 1 aliphatic heterocycles. The van der Waals surface area contributed by atoms with Crippen LogP contribution in [-0.2, 0) is 0 Å². The average Bonchev–Trinajstić information content (AvgIpc) is 2.74. The normalized spacial score (nSPS) is 16.5. The fourth-order valence-corrected chi connectivity index (χ4v) is 1.88. The topological polar surface area (TPSA) is 48.7 Å². The Morgan fingerprint density at radius 3 is 2.73 bits per heavy atom. The number of rotatable bonds is 2. The Morgan fingerprint density at radius 2 is 2.13 bits per heavy atom. The van der Waals surface area contributed by atoms with Crippen molar-refractivity contribution >= 4 is 12.0 Å². The number of aryl methyl sites for hydroxylation is 1. The van der Waals surface area contributed by atoms with E-state index in [2.05, 4.69) is 15.0 Å². The van der Waals surface area contributed by atoms with Gasteiger partial charge in [0.15, 0.2) is 0 Å². The highest BCUT2D eigenvalue weighted by molar-refractivity contribution is 5.80. The third kappa shape index (κ3) is 2.09. The van der Waals surface area contributed by atoms with Crippen LogP contribution in [0.3, 0.4) is 0 Å². The molecular formula is C11H15N3O. The third-order valence-electron chi connectivity index (χ3n) is 2.74. The summed E-state index contributed by atoms with van der Waals surface area (Å²) in [5, 5.41) is 11.5. The molecule has 4 nitrogen and oxygen atoms in total. The van der Waals surface area contributed by atoms with Gasteiger partial charge in [0.25, 0.3) is 0 Å². The number of oxime groups is 1. The molecule has 0 spiro atoms. The minimum absolute atomic E-state index is 0.862. The number of aromatic nitrogens is 1. The molecule has 0 radical (unpaired) electrons. The van der Waals surface area contributed by atoms with Gasteiger partial charge in [0.2, 0.25) is 0 Å². The van der Waals surface area contributed by atoms with Crippen molar-refractivity contribution in [2.75, 3.05) is 18.0 Å². The molecule has 2 heterocycles. The van der Waals surface area contributed by atoms with Crippen LogP contribution in [0.5, 0.6) is 0 Å². The van der Waals surface area contributed by atoms with Crippen LogP contribution in [0.25, 0.3) is 0 Å². The zero-order valence-electron chi connectivity index (χ0n) is 8.85. The van der Waals surface area contributed by atoms with Crippen molar-refractivity contribution in [3.8, 4) is 0 Å². The average molecular weight is 205 g/mol.